The fraction of sp³-hybridized carbons (Fsp3) is 0.667. The van der Waals surface area contributed by atoms with Crippen LogP contribution in [0.3, 0.4) is 0 Å². The SMILES string of the molecule is CCn1ncc(I)c1COC(C)C. The topological polar surface area (TPSA) is 27.1 Å². The zero-order valence-electron chi connectivity index (χ0n) is 8.25. The van der Waals surface area contributed by atoms with Gasteiger partial charge in [-0.25, -0.2) is 0 Å². The third-order valence-corrected chi connectivity index (χ3v) is 2.65. The zero-order valence-corrected chi connectivity index (χ0v) is 10.4. The molecule has 4 heteroatoms. The molecule has 1 aromatic rings. The maximum Gasteiger partial charge on any atom is 0.0899 e. The first-order chi connectivity index (χ1) is 6.15. The van der Waals surface area contributed by atoms with Crippen molar-refractivity contribution in [2.45, 2.75) is 40.0 Å². The standard InChI is InChI=1S/C9H15IN2O/c1-4-12-9(6-13-7(2)3)8(10)5-11-12/h5,7H,4,6H2,1-3H3. The molecule has 0 amide bonds. The molecule has 0 saturated carbocycles. The maximum atomic E-state index is 5.54. The molecule has 0 N–H and O–H groups in total. The molecule has 13 heavy (non-hydrogen) atoms. The van der Waals surface area contributed by atoms with Crippen molar-refractivity contribution in [2.24, 2.45) is 0 Å². The van der Waals surface area contributed by atoms with E-state index in [0.29, 0.717) is 6.61 Å². The monoisotopic (exact) mass is 294 g/mol. The van der Waals surface area contributed by atoms with Crippen molar-refractivity contribution < 1.29 is 4.74 Å². The minimum absolute atomic E-state index is 0.274. The summed E-state index contributed by atoms with van der Waals surface area (Å²) >= 11 is 2.29. The summed E-state index contributed by atoms with van der Waals surface area (Å²) < 4.78 is 8.70. The normalized spacial score (nSPS) is 11.2. The first-order valence-corrected chi connectivity index (χ1v) is 5.54. The third-order valence-electron chi connectivity index (χ3n) is 1.75. The van der Waals surface area contributed by atoms with E-state index >= 15 is 0 Å². The zero-order chi connectivity index (χ0) is 9.84. The van der Waals surface area contributed by atoms with Gasteiger partial charge in [-0.15, -0.1) is 0 Å². The molecule has 0 radical (unpaired) electrons. The van der Waals surface area contributed by atoms with Gasteiger partial charge in [0.2, 0.25) is 0 Å². The summed E-state index contributed by atoms with van der Waals surface area (Å²) in [5.74, 6) is 0. The number of rotatable bonds is 4. The molecule has 0 aromatic carbocycles. The summed E-state index contributed by atoms with van der Waals surface area (Å²) in [6, 6.07) is 0. The molecule has 0 fully saturated rings. The number of ether oxygens (including phenoxy) is 1. The van der Waals surface area contributed by atoms with E-state index in [-0.39, 0.29) is 6.10 Å². The smallest absolute Gasteiger partial charge is 0.0899 e. The lowest BCUT2D eigenvalue weighted by molar-refractivity contribution is 0.0608. The molecular weight excluding hydrogens is 279 g/mol. The van der Waals surface area contributed by atoms with Gasteiger partial charge in [0.05, 0.1) is 28.2 Å². The average molecular weight is 294 g/mol. The van der Waals surface area contributed by atoms with Crippen molar-refractivity contribution in [2.75, 3.05) is 0 Å². The Morgan fingerprint density at radius 3 is 2.85 bits per heavy atom. The quantitative estimate of drug-likeness (QED) is 0.798. The van der Waals surface area contributed by atoms with Crippen LogP contribution in [0.4, 0.5) is 0 Å². The number of aromatic nitrogens is 2. The van der Waals surface area contributed by atoms with Crippen LogP contribution in [0, 0.1) is 3.57 Å². The predicted molar refractivity (Wildman–Crippen MR) is 60.5 cm³/mol. The fourth-order valence-electron chi connectivity index (χ4n) is 1.05. The molecule has 0 aliphatic rings. The number of aryl methyl sites for hydroxylation is 1. The van der Waals surface area contributed by atoms with E-state index in [0.717, 1.165) is 6.54 Å². The molecule has 0 bridgehead atoms. The van der Waals surface area contributed by atoms with E-state index in [1.165, 1.54) is 9.26 Å². The van der Waals surface area contributed by atoms with Gasteiger partial charge < -0.3 is 4.74 Å². The summed E-state index contributed by atoms with van der Waals surface area (Å²) in [7, 11) is 0. The first kappa shape index (κ1) is 11.0. The Hall–Kier alpha value is -0.100. The van der Waals surface area contributed by atoms with Crippen LogP contribution in [0.5, 0.6) is 0 Å². The van der Waals surface area contributed by atoms with Gasteiger partial charge in [-0.2, -0.15) is 5.10 Å². The number of hydrogen-bond acceptors (Lipinski definition) is 2. The summed E-state index contributed by atoms with van der Waals surface area (Å²) in [6.45, 7) is 7.73. The molecule has 74 valence electrons. The first-order valence-electron chi connectivity index (χ1n) is 4.47. The van der Waals surface area contributed by atoms with E-state index in [2.05, 4.69) is 34.6 Å². The molecule has 3 nitrogen and oxygen atoms in total. The van der Waals surface area contributed by atoms with Crippen LogP contribution < -0.4 is 0 Å². The maximum absolute atomic E-state index is 5.54. The average Bonchev–Trinajstić information content (AvgIpc) is 2.43. The van der Waals surface area contributed by atoms with E-state index in [9.17, 15) is 0 Å². The Balaban J connectivity index is 2.68. The van der Waals surface area contributed by atoms with Crippen LogP contribution in [-0.2, 0) is 17.9 Å². The highest BCUT2D eigenvalue weighted by molar-refractivity contribution is 14.1. The number of nitrogens with zero attached hydrogens (tertiary/aromatic N) is 2. The Labute approximate surface area is 92.6 Å². The highest BCUT2D eigenvalue weighted by Crippen LogP contribution is 2.13. The van der Waals surface area contributed by atoms with E-state index in [1.807, 2.05) is 24.7 Å². The Morgan fingerprint density at radius 1 is 1.62 bits per heavy atom. The molecule has 1 rings (SSSR count). The summed E-state index contributed by atoms with van der Waals surface area (Å²) in [4.78, 5) is 0. The lowest BCUT2D eigenvalue weighted by Gasteiger charge is -2.09. The number of halogens is 1. The van der Waals surface area contributed by atoms with Crippen molar-refractivity contribution in [3.05, 3.63) is 15.5 Å². The molecular formula is C9H15IN2O. The summed E-state index contributed by atoms with van der Waals surface area (Å²) in [6.07, 6.45) is 2.15. The molecule has 0 aliphatic carbocycles. The van der Waals surface area contributed by atoms with Crippen LogP contribution in [0.25, 0.3) is 0 Å². The second kappa shape index (κ2) is 4.95. The van der Waals surface area contributed by atoms with E-state index < -0.39 is 0 Å². The molecule has 1 heterocycles. The van der Waals surface area contributed by atoms with Gasteiger partial charge in [0.15, 0.2) is 0 Å². The lowest BCUT2D eigenvalue weighted by Crippen LogP contribution is -2.09. The van der Waals surface area contributed by atoms with Crippen molar-refractivity contribution in [1.29, 1.82) is 0 Å². The summed E-state index contributed by atoms with van der Waals surface area (Å²) in [5.41, 5.74) is 1.18. The van der Waals surface area contributed by atoms with Crippen LogP contribution in [-0.4, -0.2) is 15.9 Å². The van der Waals surface area contributed by atoms with Gasteiger partial charge in [-0.05, 0) is 43.4 Å². The van der Waals surface area contributed by atoms with Gasteiger partial charge in [-0.1, -0.05) is 0 Å². The van der Waals surface area contributed by atoms with Crippen molar-refractivity contribution in [1.82, 2.24) is 9.78 Å². The Morgan fingerprint density at radius 2 is 2.31 bits per heavy atom. The van der Waals surface area contributed by atoms with Crippen molar-refractivity contribution >= 4 is 22.6 Å². The largest absolute Gasteiger partial charge is 0.372 e. The molecule has 0 aliphatic heterocycles. The predicted octanol–water partition coefficient (Wildman–Crippen LogP) is 2.43. The van der Waals surface area contributed by atoms with Gasteiger partial charge in [-0.3, -0.25) is 4.68 Å². The highest BCUT2D eigenvalue weighted by atomic mass is 127. The van der Waals surface area contributed by atoms with Crippen LogP contribution in [0.2, 0.25) is 0 Å². The highest BCUT2D eigenvalue weighted by Gasteiger charge is 2.07. The van der Waals surface area contributed by atoms with Gasteiger partial charge in [0.25, 0.3) is 0 Å². The molecule has 0 atom stereocenters. The Bertz CT molecular complexity index is 271. The van der Waals surface area contributed by atoms with E-state index in [1.54, 1.807) is 0 Å². The minimum Gasteiger partial charge on any atom is -0.372 e. The lowest BCUT2D eigenvalue weighted by atomic mass is 10.4. The summed E-state index contributed by atoms with van der Waals surface area (Å²) in [5, 5.41) is 4.24. The fourth-order valence-corrected chi connectivity index (χ4v) is 1.61. The molecule has 0 unspecified atom stereocenters. The van der Waals surface area contributed by atoms with E-state index in [4.69, 9.17) is 4.74 Å². The van der Waals surface area contributed by atoms with Crippen molar-refractivity contribution in [3.63, 3.8) is 0 Å². The van der Waals surface area contributed by atoms with Crippen LogP contribution in [0.15, 0.2) is 6.20 Å². The van der Waals surface area contributed by atoms with Gasteiger partial charge >= 0.3 is 0 Å². The van der Waals surface area contributed by atoms with Crippen LogP contribution in [0.1, 0.15) is 26.5 Å². The second-order valence-electron chi connectivity index (χ2n) is 3.11. The van der Waals surface area contributed by atoms with Crippen LogP contribution >= 0.6 is 22.6 Å². The second-order valence-corrected chi connectivity index (χ2v) is 4.28. The molecule has 0 saturated heterocycles. The number of hydrogen-bond donors (Lipinski definition) is 0. The Kier molecular flexibility index (Phi) is 4.18. The van der Waals surface area contributed by atoms with Gasteiger partial charge in [0, 0.05) is 6.54 Å². The third kappa shape index (κ3) is 2.95. The molecule has 1 aromatic heterocycles. The van der Waals surface area contributed by atoms with Crippen molar-refractivity contribution in [3.8, 4) is 0 Å². The molecule has 0 spiro atoms. The van der Waals surface area contributed by atoms with Gasteiger partial charge in [0.1, 0.15) is 0 Å². The minimum atomic E-state index is 0.274.